The normalized spacial score (nSPS) is 10.7. The molecule has 0 saturated carbocycles. The molecule has 0 saturated heterocycles. The highest BCUT2D eigenvalue weighted by molar-refractivity contribution is 9.13. The van der Waals surface area contributed by atoms with Gasteiger partial charge in [0, 0.05) is 17.8 Å². The smallest absolute Gasteiger partial charge is 0.251 e. The van der Waals surface area contributed by atoms with Crippen LogP contribution in [0, 0.1) is 0 Å². The molecule has 0 aliphatic rings. The minimum absolute atomic E-state index is 0.175. The first-order valence-corrected chi connectivity index (χ1v) is 6.24. The number of nitrogens with one attached hydrogen (secondary N) is 1. The fourth-order valence-corrected chi connectivity index (χ4v) is 1.85. The van der Waals surface area contributed by atoms with Crippen molar-refractivity contribution in [1.29, 1.82) is 0 Å². The molecule has 2 rings (SSSR count). The maximum absolute atomic E-state index is 11.4. The molecule has 0 aliphatic carbocycles. The topological polar surface area (TPSA) is 58.9 Å². The van der Waals surface area contributed by atoms with Crippen LogP contribution in [0.25, 0.3) is 11.6 Å². The minimum atomic E-state index is -0.175. The van der Waals surface area contributed by atoms with Gasteiger partial charge < -0.3 is 9.40 Å². The predicted octanol–water partition coefficient (Wildman–Crippen LogP) is 3.12. The number of hydrogen-bond acceptors (Lipinski definition) is 3. The summed E-state index contributed by atoms with van der Waals surface area (Å²) < 4.78 is 6.75. The lowest BCUT2D eigenvalue weighted by molar-refractivity contribution is 0.548. The average Bonchev–Trinajstić information content (AvgIpc) is 2.58. The molecule has 6 heteroatoms. The molecule has 2 heterocycles. The Morgan fingerprint density at radius 1 is 1.44 bits per heavy atom. The van der Waals surface area contributed by atoms with Gasteiger partial charge in [0.25, 0.3) is 5.56 Å². The van der Waals surface area contributed by atoms with Crippen LogP contribution < -0.4 is 5.56 Å². The van der Waals surface area contributed by atoms with Crippen LogP contribution in [-0.4, -0.2) is 9.97 Å². The Kier molecular flexibility index (Phi) is 3.30. The molecule has 4 nitrogen and oxygen atoms in total. The number of aryl methyl sites for hydroxylation is 1. The second-order valence-corrected chi connectivity index (χ2v) is 4.75. The predicted molar refractivity (Wildman–Crippen MR) is 67.3 cm³/mol. The number of rotatable bonds is 2. The van der Waals surface area contributed by atoms with Crippen molar-refractivity contribution in [3.8, 4) is 11.6 Å². The maximum Gasteiger partial charge on any atom is 0.251 e. The molecule has 0 bridgehead atoms. The van der Waals surface area contributed by atoms with E-state index in [0.29, 0.717) is 22.7 Å². The monoisotopic (exact) mass is 346 g/mol. The lowest BCUT2D eigenvalue weighted by Crippen LogP contribution is -2.09. The number of aromatic amines is 1. The maximum atomic E-state index is 11.4. The molecule has 0 aliphatic heterocycles. The van der Waals surface area contributed by atoms with Gasteiger partial charge in [-0.2, -0.15) is 0 Å². The fraction of sp³-hybridized carbons (Fsp3) is 0.200. The fourth-order valence-electron chi connectivity index (χ4n) is 1.27. The molecule has 16 heavy (non-hydrogen) atoms. The van der Waals surface area contributed by atoms with Gasteiger partial charge in [0.1, 0.15) is 0 Å². The summed E-state index contributed by atoms with van der Waals surface area (Å²) >= 11 is 6.54. The Labute approximate surface area is 108 Å². The van der Waals surface area contributed by atoms with Gasteiger partial charge in [-0.25, -0.2) is 4.98 Å². The third-order valence-electron chi connectivity index (χ3n) is 2.04. The van der Waals surface area contributed by atoms with Crippen LogP contribution >= 0.6 is 31.9 Å². The van der Waals surface area contributed by atoms with Crippen LogP contribution in [0.4, 0.5) is 0 Å². The van der Waals surface area contributed by atoms with Gasteiger partial charge in [-0.3, -0.25) is 4.79 Å². The summed E-state index contributed by atoms with van der Waals surface area (Å²) in [4.78, 5) is 18.3. The second-order valence-electron chi connectivity index (χ2n) is 3.17. The molecule has 2 aromatic heterocycles. The summed E-state index contributed by atoms with van der Waals surface area (Å²) in [5.41, 5.74) is 0.563. The van der Waals surface area contributed by atoms with Crippen LogP contribution in [-0.2, 0) is 6.42 Å². The number of halogens is 2. The Balaban J connectivity index is 2.55. The Bertz CT molecular complexity index is 555. The highest BCUT2D eigenvalue weighted by atomic mass is 79.9. The summed E-state index contributed by atoms with van der Waals surface area (Å²) in [5, 5.41) is 0. The van der Waals surface area contributed by atoms with Crippen LogP contribution in [0.5, 0.6) is 0 Å². The van der Waals surface area contributed by atoms with Gasteiger partial charge in [-0.1, -0.05) is 6.92 Å². The quantitative estimate of drug-likeness (QED) is 0.907. The van der Waals surface area contributed by atoms with Gasteiger partial charge in [-0.05, 0) is 38.3 Å². The summed E-state index contributed by atoms with van der Waals surface area (Å²) in [5.74, 6) is 0.960. The van der Waals surface area contributed by atoms with Crippen molar-refractivity contribution in [2.75, 3.05) is 0 Å². The Morgan fingerprint density at radius 2 is 2.19 bits per heavy atom. The lowest BCUT2D eigenvalue weighted by atomic mass is 10.3. The van der Waals surface area contributed by atoms with Gasteiger partial charge >= 0.3 is 0 Å². The van der Waals surface area contributed by atoms with Crippen molar-refractivity contribution in [3.05, 3.63) is 37.3 Å². The lowest BCUT2D eigenvalue weighted by Gasteiger charge is -1.98. The van der Waals surface area contributed by atoms with E-state index in [1.54, 1.807) is 6.07 Å². The summed E-state index contributed by atoms with van der Waals surface area (Å²) in [6, 6.07) is 3.23. The Morgan fingerprint density at radius 3 is 2.75 bits per heavy atom. The van der Waals surface area contributed by atoms with Crippen LogP contribution in [0.2, 0.25) is 0 Å². The third kappa shape index (κ3) is 2.27. The summed E-state index contributed by atoms with van der Waals surface area (Å²) in [6.45, 7) is 1.94. The SMILES string of the molecule is CCc1cc(=O)[nH]c(-c2cc(Br)c(Br)o2)n1. The molecule has 2 aromatic rings. The standard InChI is InChI=1S/C10H8Br2N2O2/c1-2-5-3-8(15)14-10(13-5)7-4-6(11)9(12)16-7/h3-4H,2H2,1H3,(H,13,14,15). The molecule has 84 valence electrons. The Hall–Kier alpha value is -0.880. The van der Waals surface area contributed by atoms with Crippen molar-refractivity contribution >= 4 is 31.9 Å². The van der Waals surface area contributed by atoms with Gasteiger partial charge in [-0.15, -0.1) is 0 Å². The average molecular weight is 348 g/mol. The van der Waals surface area contributed by atoms with Gasteiger partial charge in [0.05, 0.1) is 4.47 Å². The van der Waals surface area contributed by atoms with E-state index in [4.69, 9.17) is 4.42 Å². The number of H-pyrrole nitrogens is 1. The highest BCUT2D eigenvalue weighted by Gasteiger charge is 2.11. The van der Waals surface area contributed by atoms with Crippen molar-refractivity contribution in [3.63, 3.8) is 0 Å². The molecular weight excluding hydrogens is 340 g/mol. The zero-order valence-electron chi connectivity index (χ0n) is 8.38. The molecule has 1 N–H and O–H groups in total. The number of nitrogens with zero attached hydrogens (tertiary/aromatic N) is 1. The van der Waals surface area contributed by atoms with Crippen LogP contribution in [0.15, 0.2) is 30.5 Å². The third-order valence-corrected chi connectivity index (χ3v) is 3.75. The van der Waals surface area contributed by atoms with Crippen molar-refractivity contribution in [2.24, 2.45) is 0 Å². The van der Waals surface area contributed by atoms with Crippen LogP contribution in [0.3, 0.4) is 0 Å². The van der Waals surface area contributed by atoms with E-state index in [9.17, 15) is 4.79 Å². The highest BCUT2D eigenvalue weighted by Crippen LogP contribution is 2.30. The molecule has 0 unspecified atom stereocenters. The number of furan rings is 1. The van der Waals surface area contributed by atoms with Crippen molar-refractivity contribution < 1.29 is 4.42 Å². The summed E-state index contributed by atoms with van der Waals surface area (Å²) in [6.07, 6.45) is 0.708. The van der Waals surface area contributed by atoms with Gasteiger partial charge in [0.2, 0.25) is 0 Å². The molecule has 0 fully saturated rings. The van der Waals surface area contributed by atoms with Crippen LogP contribution in [0.1, 0.15) is 12.6 Å². The zero-order valence-corrected chi connectivity index (χ0v) is 11.6. The summed E-state index contributed by atoms with van der Waals surface area (Å²) in [7, 11) is 0. The van der Waals surface area contributed by atoms with E-state index < -0.39 is 0 Å². The molecule has 0 atom stereocenters. The molecule has 0 aromatic carbocycles. The zero-order chi connectivity index (χ0) is 11.7. The first-order valence-electron chi connectivity index (χ1n) is 4.65. The van der Waals surface area contributed by atoms with E-state index in [-0.39, 0.29) is 5.56 Å². The van der Waals surface area contributed by atoms with Gasteiger partial charge in [0.15, 0.2) is 16.3 Å². The first-order chi connectivity index (χ1) is 7.60. The van der Waals surface area contributed by atoms with E-state index in [1.807, 2.05) is 6.92 Å². The molecule has 0 spiro atoms. The molecule has 0 amide bonds. The molecular formula is C10H8Br2N2O2. The second kappa shape index (κ2) is 4.55. The van der Waals surface area contributed by atoms with E-state index >= 15 is 0 Å². The van der Waals surface area contributed by atoms with E-state index in [0.717, 1.165) is 10.2 Å². The van der Waals surface area contributed by atoms with Crippen molar-refractivity contribution in [1.82, 2.24) is 9.97 Å². The number of aromatic nitrogens is 2. The van der Waals surface area contributed by atoms with E-state index in [2.05, 4.69) is 41.8 Å². The largest absolute Gasteiger partial charge is 0.445 e. The minimum Gasteiger partial charge on any atom is -0.445 e. The molecule has 0 radical (unpaired) electrons. The van der Waals surface area contributed by atoms with E-state index in [1.165, 1.54) is 6.07 Å². The first kappa shape index (κ1) is 11.6. The number of hydrogen-bond donors (Lipinski definition) is 1. The van der Waals surface area contributed by atoms with Crippen molar-refractivity contribution in [2.45, 2.75) is 13.3 Å².